The first-order valence-corrected chi connectivity index (χ1v) is 8.00. The van der Waals surface area contributed by atoms with Gasteiger partial charge in [-0.05, 0) is 69.9 Å². The first-order chi connectivity index (χ1) is 10.8. The molecule has 0 bridgehead atoms. The Morgan fingerprint density at radius 2 is 1.48 bits per heavy atom. The Balaban J connectivity index is 2.13. The van der Waals surface area contributed by atoms with Gasteiger partial charge in [0.05, 0.1) is 0 Å². The Labute approximate surface area is 139 Å². The van der Waals surface area contributed by atoms with Crippen LogP contribution in [0.5, 0.6) is 0 Å². The number of anilines is 2. The van der Waals surface area contributed by atoms with Crippen LogP contribution in [0.15, 0.2) is 30.3 Å². The number of benzene rings is 2. The number of hydrogen-bond donors (Lipinski definition) is 2. The van der Waals surface area contributed by atoms with Gasteiger partial charge in [0.15, 0.2) is 0 Å². The largest absolute Gasteiger partial charge is 0.374 e. The predicted octanol–water partition coefficient (Wildman–Crippen LogP) is 4.67. The highest BCUT2D eigenvalue weighted by Gasteiger charge is 2.16. The summed E-state index contributed by atoms with van der Waals surface area (Å²) >= 11 is 0. The molecule has 0 radical (unpaired) electrons. The third-order valence-electron chi connectivity index (χ3n) is 4.08. The summed E-state index contributed by atoms with van der Waals surface area (Å²) in [5, 5.41) is 6.37. The number of hydrogen-bond acceptors (Lipinski definition) is 2. The second kappa shape index (κ2) is 6.86. The molecule has 1 amide bonds. The van der Waals surface area contributed by atoms with E-state index in [0.29, 0.717) is 0 Å². The highest BCUT2D eigenvalue weighted by atomic mass is 16.2. The van der Waals surface area contributed by atoms with Gasteiger partial charge in [0, 0.05) is 11.4 Å². The smallest absolute Gasteiger partial charge is 0.246 e. The lowest BCUT2D eigenvalue weighted by molar-refractivity contribution is -0.116. The van der Waals surface area contributed by atoms with Gasteiger partial charge in [-0.1, -0.05) is 29.8 Å². The maximum Gasteiger partial charge on any atom is 0.246 e. The summed E-state index contributed by atoms with van der Waals surface area (Å²) in [5.41, 5.74) is 7.62. The zero-order valence-electron chi connectivity index (χ0n) is 14.9. The summed E-state index contributed by atoms with van der Waals surface area (Å²) < 4.78 is 0. The van der Waals surface area contributed by atoms with Crippen molar-refractivity contribution in [3.63, 3.8) is 0 Å². The maximum absolute atomic E-state index is 12.5. The molecule has 0 aliphatic rings. The fraction of sp³-hybridized carbons (Fsp3) is 0.350. The molecule has 0 aliphatic heterocycles. The molecule has 0 aromatic heterocycles. The van der Waals surface area contributed by atoms with Crippen molar-refractivity contribution in [2.24, 2.45) is 0 Å². The monoisotopic (exact) mass is 310 g/mol. The quantitative estimate of drug-likeness (QED) is 0.861. The van der Waals surface area contributed by atoms with Gasteiger partial charge < -0.3 is 10.6 Å². The van der Waals surface area contributed by atoms with E-state index >= 15 is 0 Å². The van der Waals surface area contributed by atoms with Crippen LogP contribution in [0.1, 0.15) is 34.7 Å². The van der Waals surface area contributed by atoms with E-state index in [1.807, 2.05) is 34.6 Å². The van der Waals surface area contributed by atoms with Gasteiger partial charge in [0.2, 0.25) is 5.91 Å². The van der Waals surface area contributed by atoms with Crippen LogP contribution in [0.25, 0.3) is 0 Å². The maximum atomic E-state index is 12.5. The third kappa shape index (κ3) is 4.13. The van der Waals surface area contributed by atoms with E-state index in [0.717, 1.165) is 28.1 Å². The van der Waals surface area contributed by atoms with Gasteiger partial charge in [-0.2, -0.15) is 0 Å². The lowest BCUT2D eigenvalue weighted by Crippen LogP contribution is -2.32. The molecule has 2 aromatic rings. The molecule has 0 unspecified atom stereocenters. The van der Waals surface area contributed by atoms with Crippen molar-refractivity contribution in [1.82, 2.24) is 0 Å². The van der Waals surface area contributed by atoms with Gasteiger partial charge in [0.1, 0.15) is 6.04 Å². The van der Waals surface area contributed by atoms with Crippen LogP contribution in [0.4, 0.5) is 11.4 Å². The molecular formula is C20H26N2O. The molecule has 0 aliphatic carbocycles. The average Bonchev–Trinajstić information content (AvgIpc) is 2.46. The fourth-order valence-electron chi connectivity index (χ4n) is 2.80. The molecule has 3 nitrogen and oxygen atoms in total. The van der Waals surface area contributed by atoms with Crippen molar-refractivity contribution < 1.29 is 4.79 Å². The Kier molecular flexibility index (Phi) is 5.09. The summed E-state index contributed by atoms with van der Waals surface area (Å²) in [4.78, 5) is 12.5. The minimum atomic E-state index is -0.310. The number of carbonyl (C=O) groups is 1. The van der Waals surface area contributed by atoms with Crippen molar-refractivity contribution in [3.05, 3.63) is 58.1 Å². The molecule has 23 heavy (non-hydrogen) atoms. The lowest BCUT2D eigenvalue weighted by Gasteiger charge is -2.19. The molecule has 0 heterocycles. The van der Waals surface area contributed by atoms with Gasteiger partial charge in [-0.3, -0.25) is 4.79 Å². The number of nitrogens with one attached hydrogen (secondary N) is 2. The Hall–Kier alpha value is -2.29. The third-order valence-corrected chi connectivity index (χ3v) is 4.08. The topological polar surface area (TPSA) is 41.1 Å². The Bertz CT molecular complexity index is 711. The standard InChI is InChI=1S/C20H26N2O/c1-12-7-8-14(3)18(11-12)21-17(6)20(23)22-19-15(4)9-13(2)10-16(19)5/h7-11,17,21H,1-6H3,(H,22,23)/t17-/m0/s1. The van der Waals surface area contributed by atoms with Crippen molar-refractivity contribution in [2.45, 2.75) is 47.6 Å². The first kappa shape index (κ1) is 17.1. The van der Waals surface area contributed by atoms with Crippen LogP contribution in [0.3, 0.4) is 0 Å². The molecule has 0 spiro atoms. The normalized spacial score (nSPS) is 11.9. The van der Waals surface area contributed by atoms with Crippen molar-refractivity contribution in [2.75, 3.05) is 10.6 Å². The highest BCUT2D eigenvalue weighted by Crippen LogP contribution is 2.23. The zero-order chi connectivity index (χ0) is 17.1. The molecule has 2 rings (SSSR count). The summed E-state index contributed by atoms with van der Waals surface area (Å²) in [6.07, 6.45) is 0. The Morgan fingerprint density at radius 3 is 2.09 bits per heavy atom. The lowest BCUT2D eigenvalue weighted by atomic mass is 10.0. The van der Waals surface area contributed by atoms with Gasteiger partial charge in [-0.25, -0.2) is 0 Å². The number of aryl methyl sites for hydroxylation is 5. The molecule has 2 aromatic carbocycles. The molecule has 0 saturated carbocycles. The van der Waals surface area contributed by atoms with E-state index in [4.69, 9.17) is 0 Å². The second-order valence-corrected chi connectivity index (χ2v) is 6.45. The summed E-state index contributed by atoms with van der Waals surface area (Å²) in [6, 6.07) is 10.1. The molecule has 0 saturated heterocycles. The van der Waals surface area contributed by atoms with Crippen molar-refractivity contribution in [3.8, 4) is 0 Å². The van der Waals surface area contributed by atoms with E-state index in [1.165, 1.54) is 11.1 Å². The van der Waals surface area contributed by atoms with Gasteiger partial charge >= 0.3 is 0 Å². The molecular weight excluding hydrogens is 284 g/mol. The summed E-state index contributed by atoms with van der Waals surface area (Å²) in [5.74, 6) is -0.0269. The van der Waals surface area contributed by atoms with Crippen LogP contribution in [-0.4, -0.2) is 11.9 Å². The molecule has 1 atom stereocenters. The zero-order valence-corrected chi connectivity index (χ0v) is 14.9. The number of carbonyl (C=O) groups excluding carboxylic acids is 1. The minimum Gasteiger partial charge on any atom is -0.374 e. The van der Waals surface area contributed by atoms with E-state index < -0.39 is 0 Å². The van der Waals surface area contributed by atoms with Crippen molar-refractivity contribution >= 4 is 17.3 Å². The fourth-order valence-corrected chi connectivity index (χ4v) is 2.80. The van der Waals surface area contributed by atoms with Crippen LogP contribution < -0.4 is 10.6 Å². The van der Waals surface area contributed by atoms with E-state index in [1.54, 1.807) is 0 Å². The van der Waals surface area contributed by atoms with E-state index in [-0.39, 0.29) is 11.9 Å². The number of rotatable bonds is 4. The SMILES string of the molecule is Cc1cc(C)c(NC(=O)[C@H](C)Nc2cc(C)ccc2C)c(C)c1. The van der Waals surface area contributed by atoms with E-state index in [9.17, 15) is 4.79 Å². The molecule has 3 heteroatoms. The van der Waals surface area contributed by atoms with Crippen molar-refractivity contribution in [1.29, 1.82) is 0 Å². The average molecular weight is 310 g/mol. The number of amides is 1. The predicted molar refractivity (Wildman–Crippen MR) is 98.3 cm³/mol. The first-order valence-electron chi connectivity index (χ1n) is 8.00. The van der Waals surface area contributed by atoms with Crippen LogP contribution in [-0.2, 0) is 4.79 Å². The second-order valence-electron chi connectivity index (χ2n) is 6.45. The summed E-state index contributed by atoms with van der Waals surface area (Å²) in [6.45, 7) is 12.1. The highest BCUT2D eigenvalue weighted by molar-refractivity contribution is 5.97. The van der Waals surface area contributed by atoms with Crippen LogP contribution >= 0.6 is 0 Å². The van der Waals surface area contributed by atoms with E-state index in [2.05, 4.69) is 47.9 Å². The Morgan fingerprint density at radius 1 is 0.870 bits per heavy atom. The minimum absolute atomic E-state index is 0.0269. The molecule has 0 fully saturated rings. The molecule has 122 valence electrons. The van der Waals surface area contributed by atoms with Gasteiger partial charge in [-0.15, -0.1) is 0 Å². The van der Waals surface area contributed by atoms with Crippen LogP contribution in [0, 0.1) is 34.6 Å². The van der Waals surface area contributed by atoms with Crippen LogP contribution in [0.2, 0.25) is 0 Å². The van der Waals surface area contributed by atoms with Gasteiger partial charge in [0.25, 0.3) is 0 Å². The molecule has 2 N–H and O–H groups in total. The summed E-state index contributed by atoms with van der Waals surface area (Å²) in [7, 11) is 0.